The molecule has 1 aliphatic heterocycles. The van der Waals surface area contributed by atoms with Crippen LogP contribution in [0.5, 0.6) is 0 Å². The third kappa shape index (κ3) is 1.49. The zero-order chi connectivity index (χ0) is 10.1. The lowest BCUT2D eigenvalue weighted by Crippen LogP contribution is -2.15. The number of rotatable bonds is 2. The first-order valence-corrected chi connectivity index (χ1v) is 5.22. The average Bonchev–Trinajstić information content (AvgIpc) is 2.46. The smallest absolute Gasteiger partial charge is 0.0462 e. The quantitative estimate of drug-likeness (QED) is 0.811. The van der Waals surface area contributed by atoms with E-state index in [0.29, 0.717) is 5.92 Å². The maximum absolute atomic E-state index is 8.97. The van der Waals surface area contributed by atoms with Crippen LogP contribution in [0.25, 0.3) is 0 Å². The molecule has 14 heavy (non-hydrogen) atoms. The van der Waals surface area contributed by atoms with Crippen LogP contribution in [0.3, 0.4) is 0 Å². The van der Waals surface area contributed by atoms with Crippen molar-refractivity contribution >= 4 is 17.3 Å². The number of fused-ring (bicyclic) bond motifs is 1. The summed E-state index contributed by atoms with van der Waals surface area (Å²) < 4.78 is 0. The number of nitrogens with zero attached hydrogens (tertiary/aromatic N) is 1. The maximum Gasteiger partial charge on any atom is 0.0462 e. The van der Waals surface area contributed by atoms with Crippen LogP contribution < -0.4 is 4.90 Å². The summed E-state index contributed by atoms with van der Waals surface area (Å²) in [6.07, 6.45) is 0.793. The molecule has 1 aromatic rings. The lowest BCUT2D eigenvalue weighted by atomic mass is 9.98. The number of anilines is 1. The SMILES string of the molecule is CN1CC(CCO)c2c(Cl)cccc21. The van der Waals surface area contributed by atoms with E-state index in [-0.39, 0.29) is 6.61 Å². The fourth-order valence-electron chi connectivity index (χ4n) is 2.17. The summed E-state index contributed by atoms with van der Waals surface area (Å²) in [5.74, 6) is 0.383. The zero-order valence-electron chi connectivity index (χ0n) is 8.20. The number of benzene rings is 1. The predicted molar refractivity (Wildman–Crippen MR) is 59.2 cm³/mol. The van der Waals surface area contributed by atoms with E-state index in [1.807, 2.05) is 12.1 Å². The summed E-state index contributed by atoms with van der Waals surface area (Å²) in [6.45, 7) is 1.18. The Morgan fingerprint density at radius 1 is 1.57 bits per heavy atom. The van der Waals surface area contributed by atoms with E-state index in [0.717, 1.165) is 18.0 Å². The molecule has 0 saturated heterocycles. The summed E-state index contributed by atoms with van der Waals surface area (Å²) in [5.41, 5.74) is 2.40. The van der Waals surface area contributed by atoms with Crippen LogP contribution in [-0.4, -0.2) is 25.3 Å². The van der Waals surface area contributed by atoms with Gasteiger partial charge in [-0.05, 0) is 24.1 Å². The van der Waals surface area contributed by atoms with Crippen LogP contribution >= 0.6 is 11.6 Å². The molecule has 0 bridgehead atoms. The molecular formula is C11H14ClNO. The molecule has 1 N–H and O–H groups in total. The molecule has 0 fully saturated rings. The highest BCUT2D eigenvalue weighted by atomic mass is 35.5. The number of halogens is 1. The molecule has 0 spiro atoms. The van der Waals surface area contributed by atoms with Gasteiger partial charge in [-0.2, -0.15) is 0 Å². The number of aliphatic hydroxyl groups excluding tert-OH is 1. The van der Waals surface area contributed by atoms with Gasteiger partial charge in [-0.1, -0.05) is 17.7 Å². The van der Waals surface area contributed by atoms with Gasteiger partial charge < -0.3 is 10.0 Å². The highest BCUT2D eigenvalue weighted by Gasteiger charge is 2.27. The number of aliphatic hydroxyl groups is 1. The van der Waals surface area contributed by atoms with E-state index in [1.165, 1.54) is 11.3 Å². The van der Waals surface area contributed by atoms with Gasteiger partial charge in [0.25, 0.3) is 0 Å². The first-order chi connectivity index (χ1) is 6.74. The Morgan fingerprint density at radius 3 is 3.07 bits per heavy atom. The minimum Gasteiger partial charge on any atom is -0.396 e. The highest BCUT2D eigenvalue weighted by Crippen LogP contribution is 2.41. The maximum atomic E-state index is 8.97. The van der Waals surface area contributed by atoms with E-state index in [2.05, 4.69) is 18.0 Å². The van der Waals surface area contributed by atoms with E-state index in [9.17, 15) is 0 Å². The molecule has 76 valence electrons. The standard InChI is InChI=1S/C11H14ClNO/c1-13-7-8(5-6-14)11-9(12)3-2-4-10(11)13/h2-4,8,14H,5-7H2,1H3. The third-order valence-corrected chi connectivity index (χ3v) is 3.15. The summed E-state index contributed by atoms with van der Waals surface area (Å²) in [7, 11) is 2.06. The van der Waals surface area contributed by atoms with Gasteiger partial charge >= 0.3 is 0 Å². The summed E-state index contributed by atoms with van der Waals surface area (Å²) in [4.78, 5) is 2.20. The molecule has 1 heterocycles. The Bertz CT molecular complexity index is 340. The first-order valence-electron chi connectivity index (χ1n) is 4.84. The van der Waals surface area contributed by atoms with Crippen molar-refractivity contribution in [1.29, 1.82) is 0 Å². The predicted octanol–water partition coefficient (Wildman–Crippen LogP) is 2.26. The van der Waals surface area contributed by atoms with Gasteiger partial charge in [-0.15, -0.1) is 0 Å². The molecule has 1 atom stereocenters. The molecule has 0 radical (unpaired) electrons. The normalized spacial score (nSPS) is 19.9. The molecule has 0 amide bonds. The minimum absolute atomic E-state index is 0.225. The van der Waals surface area contributed by atoms with Crippen molar-refractivity contribution in [1.82, 2.24) is 0 Å². The van der Waals surface area contributed by atoms with Gasteiger partial charge in [0.15, 0.2) is 0 Å². The summed E-state index contributed by atoms with van der Waals surface area (Å²) >= 11 is 6.16. The van der Waals surface area contributed by atoms with Gasteiger partial charge in [-0.25, -0.2) is 0 Å². The molecule has 0 saturated carbocycles. The largest absolute Gasteiger partial charge is 0.396 e. The molecule has 3 heteroatoms. The second-order valence-corrected chi connectivity index (χ2v) is 4.17. The fourth-order valence-corrected chi connectivity index (χ4v) is 2.50. The molecule has 0 aromatic heterocycles. The number of hydrogen-bond donors (Lipinski definition) is 1. The zero-order valence-corrected chi connectivity index (χ0v) is 8.96. The van der Waals surface area contributed by atoms with Gasteiger partial charge in [-0.3, -0.25) is 0 Å². The lowest BCUT2D eigenvalue weighted by molar-refractivity contribution is 0.278. The van der Waals surface area contributed by atoms with Crippen molar-refractivity contribution in [3.05, 3.63) is 28.8 Å². The Labute approximate surface area is 89.1 Å². The van der Waals surface area contributed by atoms with Crippen LogP contribution in [0.2, 0.25) is 5.02 Å². The van der Waals surface area contributed by atoms with Crippen LogP contribution in [0.15, 0.2) is 18.2 Å². The highest BCUT2D eigenvalue weighted by molar-refractivity contribution is 6.32. The second-order valence-electron chi connectivity index (χ2n) is 3.76. The second kappa shape index (κ2) is 3.79. The van der Waals surface area contributed by atoms with Gasteiger partial charge in [0.05, 0.1) is 0 Å². The molecular weight excluding hydrogens is 198 g/mol. The Balaban J connectivity index is 2.40. The number of likely N-dealkylation sites (N-methyl/N-ethyl adjacent to an activating group) is 1. The van der Waals surface area contributed by atoms with Gasteiger partial charge in [0, 0.05) is 36.8 Å². The fraction of sp³-hybridized carbons (Fsp3) is 0.455. The molecule has 1 aliphatic rings. The van der Waals surface area contributed by atoms with Crippen molar-refractivity contribution in [2.75, 3.05) is 25.1 Å². The van der Waals surface area contributed by atoms with Crippen molar-refractivity contribution in [2.24, 2.45) is 0 Å². The molecule has 2 rings (SSSR count). The molecule has 2 nitrogen and oxygen atoms in total. The van der Waals surface area contributed by atoms with Crippen LogP contribution in [0.4, 0.5) is 5.69 Å². The van der Waals surface area contributed by atoms with Crippen LogP contribution in [-0.2, 0) is 0 Å². The van der Waals surface area contributed by atoms with Crippen molar-refractivity contribution < 1.29 is 5.11 Å². The van der Waals surface area contributed by atoms with Crippen LogP contribution in [0.1, 0.15) is 17.9 Å². The van der Waals surface area contributed by atoms with Gasteiger partial charge in [0.2, 0.25) is 0 Å². The van der Waals surface area contributed by atoms with Gasteiger partial charge in [0.1, 0.15) is 0 Å². The van der Waals surface area contributed by atoms with Crippen molar-refractivity contribution in [2.45, 2.75) is 12.3 Å². The summed E-state index contributed by atoms with van der Waals surface area (Å²) in [5, 5.41) is 9.79. The van der Waals surface area contributed by atoms with Crippen LogP contribution in [0, 0.1) is 0 Å². The van der Waals surface area contributed by atoms with Crippen molar-refractivity contribution in [3.63, 3.8) is 0 Å². The molecule has 1 unspecified atom stereocenters. The van der Waals surface area contributed by atoms with Crippen molar-refractivity contribution in [3.8, 4) is 0 Å². The Kier molecular flexibility index (Phi) is 2.66. The van der Waals surface area contributed by atoms with E-state index in [4.69, 9.17) is 16.7 Å². The van der Waals surface area contributed by atoms with E-state index in [1.54, 1.807) is 0 Å². The third-order valence-electron chi connectivity index (χ3n) is 2.82. The lowest BCUT2D eigenvalue weighted by Gasteiger charge is -2.11. The van der Waals surface area contributed by atoms with E-state index < -0.39 is 0 Å². The Hall–Kier alpha value is -0.730. The molecule has 0 aliphatic carbocycles. The topological polar surface area (TPSA) is 23.5 Å². The average molecular weight is 212 g/mol. The Morgan fingerprint density at radius 2 is 2.36 bits per heavy atom. The summed E-state index contributed by atoms with van der Waals surface area (Å²) in [6, 6.07) is 5.97. The first kappa shape index (κ1) is 9.81. The minimum atomic E-state index is 0.225. The monoisotopic (exact) mass is 211 g/mol. The molecule has 1 aromatic carbocycles. The number of hydrogen-bond acceptors (Lipinski definition) is 2. The van der Waals surface area contributed by atoms with E-state index >= 15 is 0 Å².